The lowest BCUT2D eigenvalue weighted by molar-refractivity contribution is -0.201. The Hall–Kier alpha value is -1.40. The van der Waals surface area contributed by atoms with E-state index in [1.165, 1.54) is 27.0 Å². The van der Waals surface area contributed by atoms with Gasteiger partial charge in [-0.25, -0.2) is 4.98 Å². The van der Waals surface area contributed by atoms with Crippen molar-refractivity contribution in [2.75, 3.05) is 6.61 Å². The lowest BCUT2D eigenvalue weighted by Gasteiger charge is -2.43. The van der Waals surface area contributed by atoms with Crippen molar-refractivity contribution in [3.8, 4) is 0 Å². The highest BCUT2D eigenvalue weighted by Crippen LogP contribution is 2.38. The Morgan fingerprint density at radius 1 is 1.21 bits per heavy atom. The van der Waals surface area contributed by atoms with Gasteiger partial charge in [-0.1, -0.05) is 23.4 Å². The number of ether oxygens (including phenoxy) is 4. The van der Waals surface area contributed by atoms with Gasteiger partial charge in [0.05, 0.1) is 11.1 Å². The van der Waals surface area contributed by atoms with E-state index in [0.29, 0.717) is 14.5 Å². The summed E-state index contributed by atoms with van der Waals surface area (Å²) in [6.07, 6.45) is -1.35. The van der Waals surface area contributed by atoms with Gasteiger partial charge in [0.25, 0.3) is 0 Å². The van der Waals surface area contributed by atoms with Crippen LogP contribution in [-0.4, -0.2) is 59.3 Å². The number of hydrogen-bond donors (Lipinski definition) is 1. The quantitative estimate of drug-likeness (QED) is 0.344. The van der Waals surface area contributed by atoms with Crippen LogP contribution in [0.15, 0.2) is 21.8 Å². The fourth-order valence-corrected chi connectivity index (χ4v) is 4.54. The third-order valence-electron chi connectivity index (χ3n) is 3.77. The number of nitrogens with two attached hydrogens (primary N) is 1. The van der Waals surface area contributed by atoms with Crippen LogP contribution in [0.4, 0.5) is 0 Å². The Balaban J connectivity index is 2.34. The van der Waals surface area contributed by atoms with Gasteiger partial charge in [0, 0.05) is 31.9 Å². The van der Waals surface area contributed by atoms with E-state index in [1.54, 1.807) is 6.07 Å². The summed E-state index contributed by atoms with van der Waals surface area (Å²) in [4.78, 5) is 39.1. The maximum Gasteiger partial charge on any atom is 0.303 e. The maximum atomic E-state index is 11.6. The first kappa shape index (κ1) is 23.9. The molecule has 2 heterocycles. The first-order valence-electron chi connectivity index (χ1n) is 8.45. The average molecular weight is 512 g/mol. The minimum absolute atomic E-state index is 0.195. The minimum atomic E-state index is -0.992. The topological polar surface area (TPSA) is 127 Å². The molecule has 2 N–H and O–H groups in total. The number of carbonyl (C=O) groups is 3. The molecular weight excluding hydrogens is 492 g/mol. The predicted molar refractivity (Wildman–Crippen MR) is 107 cm³/mol. The van der Waals surface area contributed by atoms with Crippen LogP contribution in [-0.2, 0) is 33.3 Å². The number of pyridine rings is 1. The van der Waals surface area contributed by atoms with Crippen molar-refractivity contribution in [3.63, 3.8) is 0 Å². The van der Waals surface area contributed by atoms with Crippen molar-refractivity contribution >= 4 is 57.2 Å². The highest BCUT2D eigenvalue weighted by atomic mass is 79.9. The molecule has 12 heteroatoms. The largest absolute Gasteiger partial charge is 0.463 e. The van der Waals surface area contributed by atoms with Crippen LogP contribution >= 0.6 is 39.3 Å². The van der Waals surface area contributed by atoms with Crippen LogP contribution in [0.1, 0.15) is 20.8 Å². The van der Waals surface area contributed by atoms with Crippen LogP contribution in [0.5, 0.6) is 0 Å². The number of esters is 3. The van der Waals surface area contributed by atoms with Gasteiger partial charge in [-0.05, 0) is 22.0 Å². The van der Waals surface area contributed by atoms with Crippen molar-refractivity contribution in [1.29, 1.82) is 0 Å². The van der Waals surface area contributed by atoms with Crippen molar-refractivity contribution in [1.82, 2.24) is 4.98 Å². The fourth-order valence-electron chi connectivity index (χ4n) is 2.66. The summed E-state index contributed by atoms with van der Waals surface area (Å²) in [6.45, 7) is 3.50. The Morgan fingerprint density at radius 3 is 2.41 bits per heavy atom. The molecule has 0 radical (unpaired) electrons. The second-order valence-corrected chi connectivity index (χ2v) is 8.46. The smallest absolute Gasteiger partial charge is 0.303 e. The molecule has 1 aromatic heterocycles. The molecule has 1 aromatic rings. The normalized spacial score (nSPS) is 26.5. The first-order valence-corrected chi connectivity index (χ1v) is 10.5. The Bertz CT molecular complexity index is 782. The number of rotatable bonds is 6. The zero-order valence-electron chi connectivity index (χ0n) is 15.8. The second-order valence-electron chi connectivity index (χ2n) is 6.13. The molecule has 5 atom stereocenters. The molecule has 0 bridgehead atoms. The summed E-state index contributed by atoms with van der Waals surface area (Å²) in [5, 5.41) is 0.397. The standard InChI is InChI=1S/C17H20BrClN2O7S/c1-7(22)25-6-11-14(26-8(2)23)13(20)15(27-9(3)24)17(28-11)29-12-4-10(19)5-21-16(12)18/h4-5,11,13-15,17H,6,20H2,1-3H3. The third-order valence-corrected chi connectivity index (χ3v) is 6.05. The highest BCUT2D eigenvalue weighted by Gasteiger charge is 2.48. The van der Waals surface area contributed by atoms with Crippen molar-refractivity contribution in [2.24, 2.45) is 5.73 Å². The lowest BCUT2D eigenvalue weighted by Crippen LogP contribution is -2.63. The Labute approximate surface area is 185 Å². The van der Waals surface area contributed by atoms with Gasteiger partial charge in [0.15, 0.2) is 6.10 Å². The molecule has 1 aliphatic rings. The average Bonchev–Trinajstić information content (AvgIpc) is 2.61. The molecule has 1 fully saturated rings. The summed E-state index contributed by atoms with van der Waals surface area (Å²) in [7, 11) is 0. The van der Waals surface area contributed by atoms with Gasteiger partial charge in [-0.15, -0.1) is 0 Å². The number of carbonyl (C=O) groups excluding carboxylic acids is 3. The SMILES string of the molecule is CC(=O)OCC1OC(Sc2cc(Cl)cnc2Br)C(OC(C)=O)C(N)C1OC(C)=O. The molecule has 0 amide bonds. The molecule has 9 nitrogen and oxygen atoms in total. The van der Waals surface area contributed by atoms with E-state index in [0.717, 1.165) is 11.8 Å². The lowest BCUT2D eigenvalue weighted by atomic mass is 9.97. The summed E-state index contributed by atoms with van der Waals surface area (Å²) in [5.74, 6) is -1.71. The van der Waals surface area contributed by atoms with E-state index < -0.39 is 47.7 Å². The molecule has 5 unspecified atom stereocenters. The van der Waals surface area contributed by atoms with E-state index in [-0.39, 0.29) is 6.61 Å². The molecule has 2 rings (SSSR count). The van der Waals surface area contributed by atoms with E-state index in [9.17, 15) is 14.4 Å². The number of thioether (sulfide) groups is 1. The minimum Gasteiger partial charge on any atom is -0.463 e. The molecule has 1 aliphatic heterocycles. The highest BCUT2D eigenvalue weighted by molar-refractivity contribution is 9.10. The zero-order chi connectivity index (χ0) is 21.7. The predicted octanol–water partition coefficient (Wildman–Crippen LogP) is 2.07. The molecule has 160 valence electrons. The van der Waals surface area contributed by atoms with E-state index in [4.69, 9.17) is 36.3 Å². The molecule has 0 saturated carbocycles. The number of halogens is 2. The molecule has 1 saturated heterocycles. The number of nitrogens with zero attached hydrogens (tertiary/aromatic N) is 1. The van der Waals surface area contributed by atoms with Gasteiger partial charge < -0.3 is 24.7 Å². The van der Waals surface area contributed by atoms with E-state index in [1.807, 2.05) is 0 Å². The second kappa shape index (κ2) is 10.6. The van der Waals surface area contributed by atoms with Gasteiger partial charge in [-0.3, -0.25) is 14.4 Å². The Morgan fingerprint density at radius 2 is 1.83 bits per heavy atom. The molecular formula is C17H20BrClN2O7S. The summed E-state index contributed by atoms with van der Waals surface area (Å²) < 4.78 is 22.2. The van der Waals surface area contributed by atoms with Crippen molar-refractivity contribution < 1.29 is 33.3 Å². The summed E-state index contributed by atoms with van der Waals surface area (Å²) in [5.41, 5.74) is 5.48. The van der Waals surface area contributed by atoms with E-state index in [2.05, 4.69) is 20.9 Å². The summed E-state index contributed by atoms with van der Waals surface area (Å²) >= 11 is 10.5. The van der Waals surface area contributed by atoms with Crippen LogP contribution in [0.25, 0.3) is 0 Å². The number of hydrogen-bond acceptors (Lipinski definition) is 10. The molecule has 29 heavy (non-hydrogen) atoms. The third kappa shape index (κ3) is 6.82. The number of aromatic nitrogens is 1. The summed E-state index contributed by atoms with van der Waals surface area (Å²) in [6, 6.07) is 0.725. The Kier molecular flexibility index (Phi) is 8.71. The first-order chi connectivity index (χ1) is 13.6. The van der Waals surface area contributed by atoms with Gasteiger partial charge >= 0.3 is 17.9 Å². The van der Waals surface area contributed by atoms with Gasteiger partial charge in [0.1, 0.15) is 28.9 Å². The fraction of sp³-hybridized carbons (Fsp3) is 0.529. The monoisotopic (exact) mass is 510 g/mol. The van der Waals surface area contributed by atoms with Crippen LogP contribution in [0, 0.1) is 0 Å². The van der Waals surface area contributed by atoms with Crippen LogP contribution < -0.4 is 5.73 Å². The van der Waals surface area contributed by atoms with Gasteiger partial charge in [0.2, 0.25) is 0 Å². The van der Waals surface area contributed by atoms with Gasteiger partial charge in [-0.2, -0.15) is 0 Å². The van der Waals surface area contributed by atoms with Crippen molar-refractivity contribution in [2.45, 2.75) is 55.5 Å². The molecule has 0 aromatic carbocycles. The van der Waals surface area contributed by atoms with Crippen LogP contribution in [0.3, 0.4) is 0 Å². The maximum absolute atomic E-state index is 11.6. The molecule has 0 aliphatic carbocycles. The molecule has 0 spiro atoms. The van der Waals surface area contributed by atoms with Crippen molar-refractivity contribution in [3.05, 3.63) is 21.9 Å². The van der Waals surface area contributed by atoms with E-state index >= 15 is 0 Å². The zero-order valence-corrected chi connectivity index (χ0v) is 19.0. The van der Waals surface area contributed by atoms with Crippen LogP contribution in [0.2, 0.25) is 5.02 Å².